The molecule has 1 aromatic carbocycles. The smallest absolute Gasteiger partial charge is 0.306 e. The average molecular weight is 326 g/mol. The molecule has 1 aromatic rings. The summed E-state index contributed by atoms with van der Waals surface area (Å²) in [4.78, 5) is 11.9. The van der Waals surface area contributed by atoms with Gasteiger partial charge in [-0.25, -0.2) is 8.42 Å². The molecule has 0 amide bonds. The van der Waals surface area contributed by atoms with Crippen LogP contribution in [0.3, 0.4) is 0 Å². The molecule has 1 fully saturated rings. The number of rotatable bonds is 5. The fourth-order valence-electron chi connectivity index (χ4n) is 2.75. The average Bonchev–Trinajstić information content (AvgIpc) is 3.17. The Bertz CT molecular complexity index is 662. The number of thioether (sulfide) groups is 1. The second-order valence-corrected chi connectivity index (χ2v) is 9.07. The van der Waals surface area contributed by atoms with E-state index in [2.05, 4.69) is 0 Å². The summed E-state index contributed by atoms with van der Waals surface area (Å²) in [6.45, 7) is 0. The van der Waals surface area contributed by atoms with Gasteiger partial charge in [-0.05, 0) is 29.9 Å². The topological polar surface area (TPSA) is 60.4 Å². The van der Waals surface area contributed by atoms with Crippen LogP contribution in [0.15, 0.2) is 29.2 Å². The van der Waals surface area contributed by atoms with E-state index in [1.807, 2.05) is 12.1 Å². The summed E-state index contributed by atoms with van der Waals surface area (Å²) >= 11 is 1.66. The van der Waals surface area contributed by atoms with Crippen LogP contribution in [0.2, 0.25) is 0 Å². The molecule has 114 valence electrons. The van der Waals surface area contributed by atoms with Crippen LogP contribution in [0, 0.1) is 5.41 Å². The van der Waals surface area contributed by atoms with Gasteiger partial charge >= 0.3 is 5.97 Å². The van der Waals surface area contributed by atoms with Crippen molar-refractivity contribution < 1.29 is 17.9 Å². The lowest BCUT2D eigenvalue weighted by Gasteiger charge is -2.16. The van der Waals surface area contributed by atoms with Gasteiger partial charge in [0, 0.05) is 11.0 Å². The number of esters is 1. The van der Waals surface area contributed by atoms with E-state index in [-0.39, 0.29) is 22.4 Å². The summed E-state index contributed by atoms with van der Waals surface area (Å²) in [5.41, 5.74) is 0.940. The molecule has 21 heavy (non-hydrogen) atoms. The van der Waals surface area contributed by atoms with Crippen LogP contribution in [-0.2, 0) is 19.4 Å². The molecule has 4 nitrogen and oxygen atoms in total. The fourth-order valence-corrected chi connectivity index (χ4v) is 6.69. The van der Waals surface area contributed by atoms with E-state index >= 15 is 0 Å². The van der Waals surface area contributed by atoms with Crippen molar-refractivity contribution >= 4 is 27.6 Å². The van der Waals surface area contributed by atoms with Gasteiger partial charge in [-0.1, -0.05) is 18.2 Å². The number of ether oxygens (including phenoxy) is 1. The van der Waals surface area contributed by atoms with Gasteiger partial charge in [-0.3, -0.25) is 4.79 Å². The number of benzene rings is 1. The molecular weight excluding hydrogens is 308 g/mol. The number of hydrogen-bond donors (Lipinski definition) is 0. The first-order valence-corrected chi connectivity index (χ1v) is 9.66. The Hall–Kier alpha value is -1.01. The zero-order chi connectivity index (χ0) is 15.1. The highest BCUT2D eigenvalue weighted by Gasteiger charge is 2.46. The minimum absolute atomic E-state index is 0.0127. The predicted octanol–water partition coefficient (Wildman–Crippen LogP) is 2.59. The summed E-state index contributed by atoms with van der Waals surface area (Å²) in [5, 5.41) is -0.0127. The minimum Gasteiger partial charge on any atom is -0.469 e. The lowest BCUT2D eigenvalue weighted by molar-refractivity contribution is -0.141. The van der Waals surface area contributed by atoms with Crippen molar-refractivity contribution in [2.75, 3.05) is 18.6 Å². The Morgan fingerprint density at radius 1 is 1.38 bits per heavy atom. The molecule has 0 spiro atoms. The van der Waals surface area contributed by atoms with E-state index in [4.69, 9.17) is 4.74 Å². The molecule has 1 aliphatic carbocycles. The van der Waals surface area contributed by atoms with Gasteiger partial charge in [0.2, 0.25) is 0 Å². The highest BCUT2D eigenvalue weighted by atomic mass is 32.2. The number of carbonyl (C=O) groups excluding carboxylic acids is 1. The van der Waals surface area contributed by atoms with Crippen LogP contribution in [0.5, 0.6) is 0 Å². The fraction of sp³-hybridized carbons (Fsp3) is 0.533. The number of sulfone groups is 1. The van der Waals surface area contributed by atoms with Gasteiger partial charge in [0.15, 0.2) is 9.84 Å². The third-order valence-electron chi connectivity index (χ3n) is 4.27. The Morgan fingerprint density at radius 3 is 2.76 bits per heavy atom. The van der Waals surface area contributed by atoms with Gasteiger partial charge in [-0.15, -0.1) is 0 Å². The Kier molecular flexibility index (Phi) is 3.78. The molecule has 0 saturated heterocycles. The van der Waals surface area contributed by atoms with Gasteiger partial charge in [0.25, 0.3) is 0 Å². The molecule has 1 unspecified atom stereocenters. The van der Waals surface area contributed by atoms with E-state index in [1.54, 1.807) is 23.9 Å². The van der Waals surface area contributed by atoms with E-state index in [0.29, 0.717) is 11.3 Å². The minimum atomic E-state index is -3.14. The zero-order valence-corrected chi connectivity index (χ0v) is 13.5. The molecule has 0 aromatic heterocycles. The number of methoxy groups -OCH3 is 1. The molecule has 1 heterocycles. The summed E-state index contributed by atoms with van der Waals surface area (Å²) in [7, 11) is -1.73. The summed E-state index contributed by atoms with van der Waals surface area (Å²) in [6.07, 6.45) is 2.49. The number of carbonyl (C=O) groups is 1. The third kappa shape index (κ3) is 2.97. The molecule has 1 atom stereocenters. The van der Waals surface area contributed by atoms with Crippen LogP contribution in [0.4, 0.5) is 0 Å². The number of fused-ring (bicyclic) bond motifs is 1. The van der Waals surface area contributed by atoms with E-state index in [1.165, 1.54) is 7.11 Å². The summed E-state index contributed by atoms with van der Waals surface area (Å²) in [5.74, 6) is 0.814. The van der Waals surface area contributed by atoms with Crippen LogP contribution < -0.4 is 0 Å². The van der Waals surface area contributed by atoms with Crippen molar-refractivity contribution in [3.63, 3.8) is 0 Å². The second kappa shape index (κ2) is 5.32. The van der Waals surface area contributed by atoms with Crippen molar-refractivity contribution in [3.05, 3.63) is 29.8 Å². The lowest BCUT2D eigenvalue weighted by atomic mass is 10.1. The van der Waals surface area contributed by atoms with Gasteiger partial charge in [-0.2, -0.15) is 11.8 Å². The maximum absolute atomic E-state index is 12.1. The van der Waals surface area contributed by atoms with Gasteiger partial charge in [0.1, 0.15) is 0 Å². The third-order valence-corrected chi connectivity index (χ3v) is 7.89. The van der Waals surface area contributed by atoms with Crippen LogP contribution in [-0.4, -0.2) is 33.0 Å². The SMILES string of the molecule is COC(=O)CC1(CSC2CS(=O)(=O)c3ccccc32)CC1. The van der Waals surface area contributed by atoms with Crippen molar-refractivity contribution in [1.82, 2.24) is 0 Å². The molecule has 2 aliphatic rings. The Morgan fingerprint density at radius 2 is 2.10 bits per heavy atom. The van der Waals surface area contributed by atoms with Crippen molar-refractivity contribution in [2.24, 2.45) is 5.41 Å². The monoisotopic (exact) mass is 326 g/mol. The van der Waals surface area contributed by atoms with Crippen LogP contribution in [0.1, 0.15) is 30.1 Å². The Balaban J connectivity index is 1.69. The standard InChI is InChI=1S/C15H18O4S2/c1-19-14(16)8-15(6-7-15)10-20-12-9-21(17,18)13-5-3-2-4-11(12)13/h2-5,12H,6-10H2,1H3. The molecule has 1 saturated carbocycles. The molecule has 0 N–H and O–H groups in total. The van der Waals surface area contributed by atoms with Crippen molar-refractivity contribution in [3.8, 4) is 0 Å². The van der Waals surface area contributed by atoms with E-state index < -0.39 is 9.84 Å². The normalized spacial score (nSPS) is 24.3. The first-order valence-electron chi connectivity index (χ1n) is 6.96. The molecular formula is C15H18O4S2. The highest BCUT2D eigenvalue weighted by Crippen LogP contribution is 2.54. The molecule has 0 bridgehead atoms. The maximum Gasteiger partial charge on any atom is 0.306 e. The van der Waals surface area contributed by atoms with Crippen molar-refractivity contribution in [1.29, 1.82) is 0 Å². The van der Waals surface area contributed by atoms with E-state index in [0.717, 1.165) is 24.2 Å². The summed E-state index contributed by atoms with van der Waals surface area (Å²) in [6, 6.07) is 7.24. The maximum atomic E-state index is 12.1. The zero-order valence-electron chi connectivity index (χ0n) is 11.9. The first kappa shape index (κ1) is 14.9. The molecule has 3 rings (SSSR count). The van der Waals surface area contributed by atoms with Crippen LogP contribution in [0.25, 0.3) is 0 Å². The summed E-state index contributed by atoms with van der Waals surface area (Å²) < 4.78 is 29.0. The largest absolute Gasteiger partial charge is 0.469 e. The highest BCUT2D eigenvalue weighted by molar-refractivity contribution is 8.01. The van der Waals surface area contributed by atoms with Crippen LogP contribution >= 0.6 is 11.8 Å². The lowest BCUT2D eigenvalue weighted by Crippen LogP contribution is -2.14. The molecule has 1 aliphatic heterocycles. The number of hydrogen-bond acceptors (Lipinski definition) is 5. The predicted molar refractivity (Wildman–Crippen MR) is 82.0 cm³/mol. The molecule has 0 radical (unpaired) electrons. The molecule has 6 heteroatoms. The van der Waals surface area contributed by atoms with Gasteiger partial charge < -0.3 is 4.74 Å². The van der Waals surface area contributed by atoms with Crippen molar-refractivity contribution in [2.45, 2.75) is 29.4 Å². The quantitative estimate of drug-likeness (QED) is 0.778. The van der Waals surface area contributed by atoms with E-state index in [9.17, 15) is 13.2 Å². The first-order chi connectivity index (χ1) is 9.96. The van der Waals surface area contributed by atoms with Gasteiger partial charge in [0.05, 0.1) is 24.2 Å². The second-order valence-electron chi connectivity index (χ2n) is 5.87. The Labute approximate surface area is 129 Å².